The first-order chi connectivity index (χ1) is 12.6. The third kappa shape index (κ3) is 5.92. The van der Waals surface area contributed by atoms with Gasteiger partial charge in [-0.15, -0.1) is 0 Å². The summed E-state index contributed by atoms with van der Waals surface area (Å²) in [5.74, 6) is 0.946. The molecule has 2 aliphatic rings. The van der Waals surface area contributed by atoms with Gasteiger partial charge in [-0.05, 0) is 118 Å². The van der Waals surface area contributed by atoms with Crippen LogP contribution in [-0.4, -0.2) is 58.8 Å². The van der Waals surface area contributed by atoms with Gasteiger partial charge in [0.15, 0.2) is 0 Å². The normalized spacial score (nSPS) is 25.3. The van der Waals surface area contributed by atoms with Crippen LogP contribution in [0, 0.1) is 28.6 Å². The molecular weight excluding hydrogens is 334 g/mol. The number of rotatable bonds is 7. The highest BCUT2D eigenvalue weighted by molar-refractivity contribution is 5.02. The Labute approximate surface area is 167 Å². The summed E-state index contributed by atoms with van der Waals surface area (Å²) in [6, 6.07) is 3.85. The zero-order chi connectivity index (χ0) is 20.2. The van der Waals surface area contributed by atoms with Crippen LogP contribution in [0.1, 0.15) is 80.1 Å². The summed E-state index contributed by atoms with van der Waals surface area (Å²) in [6.07, 6.45) is 6.58. The minimum Gasteiger partial charge on any atom is -0.390 e. The molecule has 2 unspecified atom stereocenters. The maximum atomic E-state index is 10.2. The third-order valence-electron chi connectivity index (χ3n) is 7.65. The number of likely N-dealkylation sites (tertiary alicyclic amines) is 2. The highest BCUT2D eigenvalue weighted by atomic mass is 16.3. The maximum Gasteiger partial charge on any atom is 0.0689 e. The topological polar surface area (TPSA) is 50.5 Å². The SMILES string of the molecule is CC(C)N1CCC(C(C)(C#N)CCC(C)N2CCC(C(C)(C)O)CC2)CC1. The Balaban J connectivity index is 1.82. The maximum absolute atomic E-state index is 10.2. The summed E-state index contributed by atoms with van der Waals surface area (Å²) in [6.45, 7) is 17.4. The van der Waals surface area contributed by atoms with Gasteiger partial charge < -0.3 is 14.9 Å². The van der Waals surface area contributed by atoms with Gasteiger partial charge in [-0.1, -0.05) is 0 Å². The lowest BCUT2D eigenvalue weighted by atomic mass is 9.70. The Bertz CT molecular complexity index is 491. The second kappa shape index (κ2) is 9.25. The van der Waals surface area contributed by atoms with E-state index in [4.69, 9.17) is 0 Å². The number of aliphatic hydroxyl groups is 1. The van der Waals surface area contributed by atoms with E-state index in [-0.39, 0.29) is 5.41 Å². The van der Waals surface area contributed by atoms with Crippen LogP contribution in [0.3, 0.4) is 0 Å². The van der Waals surface area contributed by atoms with E-state index in [1.807, 2.05) is 13.8 Å². The van der Waals surface area contributed by atoms with E-state index in [9.17, 15) is 10.4 Å². The molecule has 2 aliphatic heterocycles. The minimum absolute atomic E-state index is 0.192. The smallest absolute Gasteiger partial charge is 0.0689 e. The number of hydrogen-bond acceptors (Lipinski definition) is 4. The van der Waals surface area contributed by atoms with Crippen molar-refractivity contribution in [3.63, 3.8) is 0 Å². The van der Waals surface area contributed by atoms with Gasteiger partial charge >= 0.3 is 0 Å². The van der Waals surface area contributed by atoms with Crippen molar-refractivity contribution in [1.29, 1.82) is 5.26 Å². The van der Waals surface area contributed by atoms with Crippen molar-refractivity contribution in [3.05, 3.63) is 0 Å². The van der Waals surface area contributed by atoms with Crippen molar-refractivity contribution in [1.82, 2.24) is 9.80 Å². The summed E-state index contributed by atoms with van der Waals surface area (Å²) in [7, 11) is 0. The van der Waals surface area contributed by atoms with Gasteiger partial charge in [-0.25, -0.2) is 0 Å². The lowest BCUT2D eigenvalue weighted by molar-refractivity contribution is -0.0191. The van der Waals surface area contributed by atoms with Gasteiger partial charge in [0.05, 0.1) is 17.1 Å². The zero-order valence-electron chi connectivity index (χ0n) is 18.7. The molecular formula is C23H43N3O. The third-order valence-corrected chi connectivity index (χ3v) is 7.65. The van der Waals surface area contributed by atoms with Crippen LogP contribution in [0.4, 0.5) is 0 Å². The largest absolute Gasteiger partial charge is 0.390 e. The molecule has 0 bridgehead atoms. The molecule has 0 aromatic heterocycles. The number of nitriles is 1. The van der Waals surface area contributed by atoms with E-state index < -0.39 is 5.60 Å². The van der Waals surface area contributed by atoms with Crippen molar-refractivity contribution in [2.45, 2.75) is 97.8 Å². The molecule has 4 nitrogen and oxygen atoms in total. The van der Waals surface area contributed by atoms with E-state index in [2.05, 4.69) is 43.6 Å². The Morgan fingerprint density at radius 3 is 1.85 bits per heavy atom. The summed E-state index contributed by atoms with van der Waals surface area (Å²) >= 11 is 0. The van der Waals surface area contributed by atoms with Crippen LogP contribution in [-0.2, 0) is 0 Å². The van der Waals surface area contributed by atoms with Crippen molar-refractivity contribution in [3.8, 4) is 6.07 Å². The average molecular weight is 378 g/mol. The summed E-state index contributed by atoms with van der Waals surface area (Å²) in [5.41, 5.74) is -0.748. The Morgan fingerprint density at radius 2 is 1.41 bits per heavy atom. The van der Waals surface area contributed by atoms with Crippen molar-refractivity contribution < 1.29 is 5.11 Å². The Hall–Kier alpha value is -0.630. The average Bonchev–Trinajstić information content (AvgIpc) is 2.65. The number of hydrogen-bond donors (Lipinski definition) is 1. The first-order valence-electron chi connectivity index (χ1n) is 11.2. The fourth-order valence-electron chi connectivity index (χ4n) is 5.14. The predicted octanol–water partition coefficient (Wildman–Crippen LogP) is 4.29. The summed E-state index contributed by atoms with van der Waals surface area (Å²) < 4.78 is 0. The molecule has 27 heavy (non-hydrogen) atoms. The van der Waals surface area contributed by atoms with Gasteiger partial charge in [0.1, 0.15) is 0 Å². The van der Waals surface area contributed by atoms with E-state index in [1.54, 1.807) is 0 Å². The second-order valence-corrected chi connectivity index (χ2v) is 10.3. The molecule has 0 saturated carbocycles. The summed E-state index contributed by atoms with van der Waals surface area (Å²) in [5, 5.41) is 20.2. The van der Waals surface area contributed by atoms with Gasteiger partial charge in [0.2, 0.25) is 0 Å². The number of piperidine rings is 2. The van der Waals surface area contributed by atoms with Crippen molar-refractivity contribution in [2.75, 3.05) is 26.2 Å². The molecule has 2 heterocycles. The van der Waals surface area contributed by atoms with Crippen LogP contribution < -0.4 is 0 Å². The lowest BCUT2D eigenvalue weighted by Crippen LogP contribution is -2.46. The Morgan fingerprint density at radius 1 is 0.926 bits per heavy atom. The Kier molecular flexibility index (Phi) is 7.76. The minimum atomic E-state index is -0.556. The lowest BCUT2D eigenvalue weighted by Gasteiger charge is -2.42. The second-order valence-electron chi connectivity index (χ2n) is 10.3. The van der Waals surface area contributed by atoms with E-state index in [0.29, 0.717) is 23.9 Å². The molecule has 2 atom stereocenters. The predicted molar refractivity (Wildman–Crippen MR) is 112 cm³/mol. The van der Waals surface area contributed by atoms with Gasteiger partial charge in [0, 0.05) is 12.1 Å². The molecule has 2 fully saturated rings. The quantitative estimate of drug-likeness (QED) is 0.719. The highest BCUT2D eigenvalue weighted by Gasteiger charge is 2.38. The monoisotopic (exact) mass is 377 g/mol. The van der Waals surface area contributed by atoms with E-state index in [1.165, 1.54) is 0 Å². The fraction of sp³-hybridized carbons (Fsp3) is 0.957. The molecule has 156 valence electrons. The van der Waals surface area contributed by atoms with E-state index >= 15 is 0 Å². The van der Waals surface area contributed by atoms with Crippen LogP contribution in [0.5, 0.6) is 0 Å². The van der Waals surface area contributed by atoms with Gasteiger partial charge in [0.25, 0.3) is 0 Å². The standard InChI is InChI=1S/C23H43N3O/c1-18(2)25-13-10-21(11-14-25)23(6,17-24)12-7-19(3)26-15-8-20(9-16-26)22(4,5)27/h18-21,27H,7-16H2,1-6H3. The highest BCUT2D eigenvalue weighted by Crippen LogP contribution is 2.40. The zero-order valence-corrected chi connectivity index (χ0v) is 18.7. The fourth-order valence-corrected chi connectivity index (χ4v) is 5.14. The van der Waals surface area contributed by atoms with Crippen molar-refractivity contribution in [2.24, 2.45) is 17.3 Å². The van der Waals surface area contributed by atoms with Gasteiger partial charge in [-0.2, -0.15) is 5.26 Å². The summed E-state index contributed by atoms with van der Waals surface area (Å²) in [4.78, 5) is 5.12. The van der Waals surface area contributed by atoms with Crippen LogP contribution in [0.25, 0.3) is 0 Å². The molecule has 0 aromatic carbocycles. The number of nitrogens with zero attached hydrogens (tertiary/aromatic N) is 3. The molecule has 0 spiro atoms. The molecule has 4 heteroatoms. The van der Waals surface area contributed by atoms with Crippen LogP contribution >= 0.6 is 0 Å². The van der Waals surface area contributed by atoms with Crippen LogP contribution in [0.15, 0.2) is 0 Å². The molecule has 2 rings (SSSR count). The molecule has 0 amide bonds. The molecule has 0 aromatic rings. The molecule has 0 radical (unpaired) electrons. The van der Waals surface area contributed by atoms with Crippen molar-refractivity contribution >= 4 is 0 Å². The first-order valence-corrected chi connectivity index (χ1v) is 11.2. The van der Waals surface area contributed by atoms with E-state index in [0.717, 1.165) is 64.7 Å². The van der Waals surface area contributed by atoms with Gasteiger partial charge in [-0.3, -0.25) is 0 Å². The first kappa shape index (κ1) is 22.7. The molecule has 2 saturated heterocycles. The van der Waals surface area contributed by atoms with Crippen LogP contribution in [0.2, 0.25) is 0 Å². The molecule has 0 aliphatic carbocycles. The molecule has 1 N–H and O–H groups in total.